The minimum Gasteiger partial charge on any atom is -0.347 e. The van der Waals surface area contributed by atoms with Gasteiger partial charge in [-0.15, -0.1) is 0 Å². The van der Waals surface area contributed by atoms with Gasteiger partial charge in [-0.25, -0.2) is 0 Å². The number of hydrogen-bond acceptors (Lipinski definition) is 2. The van der Waals surface area contributed by atoms with Gasteiger partial charge in [0.25, 0.3) is 0 Å². The van der Waals surface area contributed by atoms with Crippen LogP contribution in [0, 0.1) is 0 Å². The van der Waals surface area contributed by atoms with Gasteiger partial charge in [0.15, 0.2) is 5.78 Å². The predicted molar refractivity (Wildman–Crippen MR) is 84.7 cm³/mol. The first-order valence-electron chi connectivity index (χ1n) is 7.13. The van der Waals surface area contributed by atoms with Crippen LogP contribution in [0.1, 0.15) is 41.4 Å². The molecule has 0 aliphatic rings. The SMILES string of the molecule is CC(C)c1c(C(=O)c2ccncc2)c2ccccc2n1C. The Morgan fingerprint density at radius 2 is 1.76 bits per heavy atom. The lowest BCUT2D eigenvalue weighted by molar-refractivity contribution is 0.103. The van der Waals surface area contributed by atoms with Crippen molar-refractivity contribution in [2.75, 3.05) is 0 Å². The molecule has 0 spiro atoms. The molecule has 3 aromatic rings. The fourth-order valence-corrected chi connectivity index (χ4v) is 2.98. The third-order valence-corrected chi connectivity index (χ3v) is 3.87. The number of benzene rings is 1. The third kappa shape index (κ3) is 2.15. The zero-order chi connectivity index (χ0) is 15.0. The van der Waals surface area contributed by atoms with E-state index in [0.717, 1.165) is 22.2 Å². The number of ketones is 1. The smallest absolute Gasteiger partial charge is 0.195 e. The van der Waals surface area contributed by atoms with Crippen LogP contribution in [0.15, 0.2) is 48.8 Å². The molecule has 2 heterocycles. The molecule has 0 amide bonds. The highest BCUT2D eigenvalue weighted by atomic mass is 16.1. The number of aromatic nitrogens is 2. The van der Waals surface area contributed by atoms with Gasteiger partial charge in [-0.2, -0.15) is 0 Å². The third-order valence-electron chi connectivity index (χ3n) is 3.87. The number of para-hydroxylation sites is 1. The summed E-state index contributed by atoms with van der Waals surface area (Å²) in [5.41, 5.74) is 3.68. The number of fused-ring (bicyclic) bond motifs is 1. The Labute approximate surface area is 124 Å². The quantitative estimate of drug-likeness (QED) is 0.680. The summed E-state index contributed by atoms with van der Waals surface area (Å²) in [6, 6.07) is 11.6. The second-order valence-corrected chi connectivity index (χ2v) is 5.56. The molecule has 0 saturated heterocycles. The fourth-order valence-electron chi connectivity index (χ4n) is 2.98. The summed E-state index contributed by atoms with van der Waals surface area (Å²) >= 11 is 0. The maximum absolute atomic E-state index is 13.0. The normalized spacial score (nSPS) is 11.2. The van der Waals surface area contributed by atoms with Gasteiger partial charge < -0.3 is 4.57 Å². The number of pyridine rings is 1. The molecule has 0 fully saturated rings. The van der Waals surface area contributed by atoms with E-state index in [2.05, 4.69) is 29.5 Å². The van der Waals surface area contributed by atoms with Crippen molar-refractivity contribution in [3.8, 4) is 0 Å². The molecule has 1 aromatic carbocycles. The first-order chi connectivity index (χ1) is 10.1. The molecule has 3 heteroatoms. The summed E-state index contributed by atoms with van der Waals surface area (Å²) in [5.74, 6) is 0.348. The average Bonchev–Trinajstić information content (AvgIpc) is 2.81. The van der Waals surface area contributed by atoms with Crippen molar-refractivity contribution in [3.63, 3.8) is 0 Å². The van der Waals surface area contributed by atoms with Crippen molar-refractivity contribution in [3.05, 3.63) is 65.6 Å². The van der Waals surface area contributed by atoms with Gasteiger partial charge in [-0.05, 0) is 24.1 Å². The van der Waals surface area contributed by atoms with E-state index in [-0.39, 0.29) is 11.7 Å². The largest absolute Gasteiger partial charge is 0.347 e. The Morgan fingerprint density at radius 1 is 1.10 bits per heavy atom. The number of rotatable bonds is 3. The maximum Gasteiger partial charge on any atom is 0.195 e. The Morgan fingerprint density at radius 3 is 2.43 bits per heavy atom. The highest BCUT2D eigenvalue weighted by Crippen LogP contribution is 2.31. The summed E-state index contributed by atoms with van der Waals surface area (Å²) in [7, 11) is 2.03. The highest BCUT2D eigenvalue weighted by Gasteiger charge is 2.23. The number of carbonyl (C=O) groups is 1. The molecule has 0 bridgehead atoms. The molecule has 0 saturated carbocycles. The van der Waals surface area contributed by atoms with Crippen LogP contribution in [-0.4, -0.2) is 15.3 Å². The highest BCUT2D eigenvalue weighted by molar-refractivity contribution is 6.17. The van der Waals surface area contributed by atoms with Crippen LogP contribution in [0.5, 0.6) is 0 Å². The molecular weight excluding hydrogens is 260 g/mol. The molecule has 21 heavy (non-hydrogen) atoms. The molecule has 0 N–H and O–H groups in total. The van der Waals surface area contributed by atoms with E-state index in [0.29, 0.717) is 5.56 Å². The van der Waals surface area contributed by atoms with Crippen molar-refractivity contribution in [1.29, 1.82) is 0 Å². The lowest BCUT2D eigenvalue weighted by atomic mass is 9.96. The van der Waals surface area contributed by atoms with E-state index in [1.807, 2.05) is 25.2 Å². The van der Waals surface area contributed by atoms with Gasteiger partial charge in [-0.1, -0.05) is 32.0 Å². The fraction of sp³-hybridized carbons (Fsp3) is 0.222. The van der Waals surface area contributed by atoms with Crippen molar-refractivity contribution in [2.24, 2.45) is 7.05 Å². The number of carbonyl (C=O) groups excluding carboxylic acids is 1. The van der Waals surface area contributed by atoms with Crippen LogP contribution >= 0.6 is 0 Å². The van der Waals surface area contributed by atoms with Crippen molar-refractivity contribution in [1.82, 2.24) is 9.55 Å². The van der Waals surface area contributed by atoms with Crippen LogP contribution in [0.4, 0.5) is 0 Å². The number of hydrogen-bond donors (Lipinski definition) is 0. The molecule has 2 aromatic heterocycles. The summed E-state index contributed by atoms with van der Waals surface area (Å²) < 4.78 is 2.13. The Kier molecular flexibility index (Phi) is 3.34. The van der Waals surface area contributed by atoms with Gasteiger partial charge in [0.2, 0.25) is 0 Å². The van der Waals surface area contributed by atoms with Crippen LogP contribution in [0.3, 0.4) is 0 Å². The molecule has 0 atom stereocenters. The molecule has 106 valence electrons. The van der Waals surface area contributed by atoms with Crippen LogP contribution in [0.2, 0.25) is 0 Å². The van der Waals surface area contributed by atoms with E-state index in [1.54, 1.807) is 24.5 Å². The van der Waals surface area contributed by atoms with Gasteiger partial charge in [0, 0.05) is 41.6 Å². The molecule has 3 rings (SSSR count). The Balaban J connectivity index is 2.31. The number of aryl methyl sites for hydroxylation is 1. The monoisotopic (exact) mass is 278 g/mol. The molecule has 3 nitrogen and oxygen atoms in total. The molecule has 0 radical (unpaired) electrons. The second-order valence-electron chi connectivity index (χ2n) is 5.56. The molecule has 0 unspecified atom stereocenters. The van der Waals surface area contributed by atoms with Crippen molar-refractivity contribution < 1.29 is 4.79 Å². The lowest BCUT2D eigenvalue weighted by Gasteiger charge is -2.11. The summed E-state index contributed by atoms with van der Waals surface area (Å²) in [6.45, 7) is 4.25. The molecular formula is C18H18N2O. The maximum atomic E-state index is 13.0. The van der Waals surface area contributed by atoms with Gasteiger partial charge >= 0.3 is 0 Å². The molecule has 0 aliphatic heterocycles. The Hall–Kier alpha value is -2.42. The van der Waals surface area contributed by atoms with E-state index in [4.69, 9.17) is 0 Å². The molecule has 0 aliphatic carbocycles. The summed E-state index contributed by atoms with van der Waals surface area (Å²) in [6.07, 6.45) is 3.32. The van der Waals surface area contributed by atoms with Gasteiger partial charge in [0.05, 0.1) is 5.56 Å². The van der Waals surface area contributed by atoms with Gasteiger partial charge in [-0.3, -0.25) is 9.78 Å². The minimum atomic E-state index is 0.0675. The van der Waals surface area contributed by atoms with Crippen molar-refractivity contribution >= 4 is 16.7 Å². The zero-order valence-electron chi connectivity index (χ0n) is 12.5. The van der Waals surface area contributed by atoms with Crippen LogP contribution < -0.4 is 0 Å². The second kappa shape index (κ2) is 5.17. The Bertz CT molecular complexity index is 801. The minimum absolute atomic E-state index is 0.0675. The summed E-state index contributed by atoms with van der Waals surface area (Å²) in [5, 5.41) is 1.02. The van der Waals surface area contributed by atoms with E-state index in [1.165, 1.54) is 0 Å². The first kappa shape index (κ1) is 13.6. The van der Waals surface area contributed by atoms with Crippen LogP contribution in [-0.2, 0) is 7.05 Å². The zero-order valence-corrected chi connectivity index (χ0v) is 12.5. The van der Waals surface area contributed by atoms with E-state index in [9.17, 15) is 4.79 Å². The summed E-state index contributed by atoms with van der Waals surface area (Å²) in [4.78, 5) is 16.9. The van der Waals surface area contributed by atoms with Gasteiger partial charge in [0.1, 0.15) is 0 Å². The average molecular weight is 278 g/mol. The lowest BCUT2D eigenvalue weighted by Crippen LogP contribution is -2.08. The standard InChI is InChI=1S/C18H18N2O/c1-12(2)17-16(18(21)13-8-10-19-11-9-13)14-6-4-5-7-15(14)20(17)3/h4-12H,1-3H3. The topological polar surface area (TPSA) is 34.9 Å². The van der Waals surface area contributed by atoms with E-state index < -0.39 is 0 Å². The number of nitrogens with zero attached hydrogens (tertiary/aromatic N) is 2. The van der Waals surface area contributed by atoms with E-state index >= 15 is 0 Å². The first-order valence-corrected chi connectivity index (χ1v) is 7.13. The van der Waals surface area contributed by atoms with Crippen LogP contribution in [0.25, 0.3) is 10.9 Å². The van der Waals surface area contributed by atoms with Crippen molar-refractivity contribution in [2.45, 2.75) is 19.8 Å². The predicted octanol–water partition coefficient (Wildman–Crippen LogP) is 3.93.